The highest BCUT2D eigenvalue weighted by molar-refractivity contribution is 6.26. The van der Waals surface area contributed by atoms with Gasteiger partial charge in [0.25, 0.3) is 0 Å². The maximum absolute atomic E-state index is 7.01. The number of hydrogen-bond acceptors (Lipinski definition) is 2. The second-order valence-corrected chi connectivity index (χ2v) is 12.3. The minimum absolute atomic E-state index is 0.881. The fraction of sp³-hybridized carbons (Fsp3) is 0. The van der Waals surface area contributed by atoms with Crippen molar-refractivity contribution in [3.63, 3.8) is 0 Å². The van der Waals surface area contributed by atoms with Crippen LogP contribution in [0.25, 0.3) is 99.2 Å². The van der Waals surface area contributed by atoms with E-state index in [0.29, 0.717) is 0 Å². The van der Waals surface area contributed by atoms with E-state index in [1.165, 1.54) is 32.7 Å². The van der Waals surface area contributed by atoms with Crippen molar-refractivity contribution in [1.82, 2.24) is 0 Å². The molecule has 2 aromatic heterocycles. The molecule has 8 aromatic carbocycles. The zero-order valence-corrected chi connectivity index (χ0v) is 26.0. The molecule has 0 unspecified atom stereocenters. The summed E-state index contributed by atoms with van der Waals surface area (Å²) in [4.78, 5) is 0. The molecule has 2 nitrogen and oxygen atoms in total. The summed E-state index contributed by atoms with van der Waals surface area (Å²) in [6.45, 7) is 0. The summed E-state index contributed by atoms with van der Waals surface area (Å²) in [6, 6.07) is 59.9. The first-order valence-electron chi connectivity index (χ1n) is 16.4. The minimum Gasteiger partial charge on any atom is -0.455 e. The van der Waals surface area contributed by atoms with Crippen molar-refractivity contribution in [3.05, 3.63) is 170 Å². The van der Waals surface area contributed by atoms with Crippen molar-refractivity contribution in [1.29, 1.82) is 0 Å². The average molecular weight is 613 g/mol. The predicted octanol–water partition coefficient (Wildman–Crippen LogP) is 13.3. The van der Waals surface area contributed by atoms with Gasteiger partial charge in [-0.05, 0) is 33.2 Å². The first kappa shape index (κ1) is 26.8. The number of para-hydroxylation sites is 3. The molecule has 0 saturated heterocycles. The van der Waals surface area contributed by atoms with Crippen LogP contribution < -0.4 is 0 Å². The molecule has 2 heteroatoms. The van der Waals surface area contributed by atoms with E-state index in [2.05, 4.69) is 158 Å². The molecule has 0 aliphatic carbocycles. The van der Waals surface area contributed by atoms with Gasteiger partial charge in [0.05, 0.1) is 0 Å². The molecule has 0 bridgehead atoms. The molecule has 48 heavy (non-hydrogen) atoms. The zero-order valence-electron chi connectivity index (χ0n) is 26.0. The van der Waals surface area contributed by atoms with E-state index in [1.807, 2.05) is 12.1 Å². The average Bonchev–Trinajstić information content (AvgIpc) is 3.74. The fourth-order valence-electron chi connectivity index (χ4n) is 7.65. The molecule has 10 rings (SSSR count). The van der Waals surface area contributed by atoms with Crippen LogP contribution >= 0.6 is 0 Å². The summed E-state index contributed by atoms with van der Waals surface area (Å²) in [6.07, 6.45) is 0. The van der Waals surface area contributed by atoms with E-state index in [1.54, 1.807) is 0 Å². The topological polar surface area (TPSA) is 26.3 Å². The van der Waals surface area contributed by atoms with E-state index in [0.717, 1.165) is 66.5 Å². The summed E-state index contributed by atoms with van der Waals surface area (Å²) >= 11 is 0. The van der Waals surface area contributed by atoms with Crippen LogP contribution in [-0.2, 0) is 0 Å². The Morgan fingerprint density at radius 1 is 0.271 bits per heavy atom. The van der Waals surface area contributed by atoms with Crippen LogP contribution in [-0.4, -0.2) is 0 Å². The van der Waals surface area contributed by atoms with Gasteiger partial charge in [0, 0.05) is 49.5 Å². The lowest BCUT2D eigenvalue weighted by Crippen LogP contribution is -1.91. The van der Waals surface area contributed by atoms with Gasteiger partial charge in [0.2, 0.25) is 0 Å². The minimum atomic E-state index is 0.881. The molecule has 0 amide bonds. The maximum Gasteiger partial charge on any atom is 0.143 e. The van der Waals surface area contributed by atoms with Crippen LogP contribution in [0.3, 0.4) is 0 Å². The van der Waals surface area contributed by atoms with Gasteiger partial charge in [0.1, 0.15) is 22.5 Å². The normalized spacial score (nSPS) is 11.8. The monoisotopic (exact) mass is 612 g/mol. The van der Waals surface area contributed by atoms with Gasteiger partial charge < -0.3 is 8.83 Å². The van der Waals surface area contributed by atoms with E-state index in [9.17, 15) is 0 Å². The predicted molar refractivity (Wildman–Crippen MR) is 200 cm³/mol. The summed E-state index contributed by atoms with van der Waals surface area (Å²) in [5.41, 5.74) is 10.5. The highest BCUT2D eigenvalue weighted by atomic mass is 16.3. The first-order chi connectivity index (χ1) is 23.8. The van der Waals surface area contributed by atoms with E-state index in [-0.39, 0.29) is 0 Å². The molecule has 0 aliphatic rings. The Labute approximate surface area is 277 Å². The maximum atomic E-state index is 7.01. The van der Waals surface area contributed by atoms with Crippen molar-refractivity contribution >= 4 is 54.5 Å². The highest BCUT2D eigenvalue weighted by Crippen LogP contribution is 2.50. The molecule has 2 heterocycles. The molecule has 0 N–H and O–H groups in total. The second-order valence-electron chi connectivity index (χ2n) is 12.3. The molecule has 0 fully saturated rings. The highest BCUT2D eigenvalue weighted by Gasteiger charge is 2.24. The smallest absolute Gasteiger partial charge is 0.143 e. The van der Waals surface area contributed by atoms with Crippen LogP contribution in [0, 0.1) is 0 Å². The van der Waals surface area contributed by atoms with Gasteiger partial charge in [-0.1, -0.05) is 164 Å². The van der Waals surface area contributed by atoms with Crippen molar-refractivity contribution in [2.75, 3.05) is 0 Å². The van der Waals surface area contributed by atoms with Crippen LogP contribution in [0.2, 0.25) is 0 Å². The van der Waals surface area contributed by atoms with Crippen molar-refractivity contribution < 1.29 is 8.83 Å². The third-order valence-corrected chi connectivity index (χ3v) is 9.69. The standard InChI is InChI=1S/C46H28O2/c1-3-15-29(16-4-1)41-37-25-14-27-39(46(37)48-44(41)30-17-5-2-6-18-30)43-34-22-9-7-20-32(34)42(33-21-8-10-23-35(33)43)38-26-13-24-36-31-19-11-12-28-40(31)47-45(36)38/h1-28H. The van der Waals surface area contributed by atoms with Crippen molar-refractivity contribution in [2.45, 2.75) is 0 Å². The summed E-state index contributed by atoms with van der Waals surface area (Å²) in [5.74, 6) is 0.881. The molecule has 224 valence electrons. The third-order valence-electron chi connectivity index (χ3n) is 9.69. The van der Waals surface area contributed by atoms with Gasteiger partial charge in [-0.2, -0.15) is 0 Å². The number of furan rings is 2. The SMILES string of the molecule is c1ccc(-c2oc3c(-c4c5ccccc5c(-c5cccc6c5oc5ccccc56)c5ccccc45)cccc3c2-c2ccccc2)cc1. The zero-order chi connectivity index (χ0) is 31.6. The Morgan fingerprint density at radius 3 is 1.29 bits per heavy atom. The molecular weight excluding hydrogens is 585 g/mol. The largest absolute Gasteiger partial charge is 0.455 e. The number of benzene rings is 8. The molecule has 10 aromatic rings. The molecule has 0 saturated carbocycles. The van der Waals surface area contributed by atoms with E-state index < -0.39 is 0 Å². The van der Waals surface area contributed by atoms with Gasteiger partial charge in [-0.25, -0.2) is 0 Å². The third kappa shape index (κ3) is 3.93. The Kier molecular flexibility index (Phi) is 5.91. The van der Waals surface area contributed by atoms with E-state index >= 15 is 0 Å². The van der Waals surface area contributed by atoms with Gasteiger partial charge in [-0.3, -0.25) is 0 Å². The van der Waals surface area contributed by atoms with Gasteiger partial charge in [0.15, 0.2) is 0 Å². The lowest BCUT2D eigenvalue weighted by Gasteiger charge is -2.18. The van der Waals surface area contributed by atoms with Crippen LogP contribution in [0.15, 0.2) is 179 Å². The first-order valence-corrected chi connectivity index (χ1v) is 16.4. The number of fused-ring (bicyclic) bond motifs is 6. The van der Waals surface area contributed by atoms with Crippen molar-refractivity contribution in [3.8, 4) is 44.7 Å². The van der Waals surface area contributed by atoms with E-state index in [4.69, 9.17) is 8.83 Å². The molecule has 0 aliphatic heterocycles. The second kappa shape index (κ2) is 10.6. The Morgan fingerprint density at radius 2 is 0.708 bits per heavy atom. The van der Waals surface area contributed by atoms with Crippen LogP contribution in [0.5, 0.6) is 0 Å². The lowest BCUT2D eigenvalue weighted by molar-refractivity contribution is 0.633. The molecular formula is C46H28O2. The summed E-state index contributed by atoms with van der Waals surface area (Å²) in [7, 11) is 0. The van der Waals surface area contributed by atoms with Gasteiger partial charge in [-0.15, -0.1) is 0 Å². The van der Waals surface area contributed by atoms with Gasteiger partial charge >= 0.3 is 0 Å². The molecule has 0 atom stereocenters. The molecule has 0 spiro atoms. The summed E-state index contributed by atoms with van der Waals surface area (Å²) in [5, 5.41) is 8.05. The number of rotatable bonds is 4. The number of hydrogen-bond donors (Lipinski definition) is 0. The van der Waals surface area contributed by atoms with Crippen LogP contribution in [0.4, 0.5) is 0 Å². The fourth-order valence-corrected chi connectivity index (χ4v) is 7.65. The van der Waals surface area contributed by atoms with Crippen molar-refractivity contribution in [2.24, 2.45) is 0 Å². The Hall–Kier alpha value is -6.38. The quantitative estimate of drug-likeness (QED) is 0.185. The summed E-state index contributed by atoms with van der Waals surface area (Å²) < 4.78 is 13.6. The Bertz CT molecular complexity index is 2760. The Balaban J connectivity index is 1.32. The molecule has 0 radical (unpaired) electrons. The van der Waals surface area contributed by atoms with Crippen LogP contribution in [0.1, 0.15) is 0 Å². The lowest BCUT2D eigenvalue weighted by atomic mass is 9.85.